The molecule has 0 radical (unpaired) electrons. The Labute approximate surface area is 119 Å². The highest BCUT2D eigenvalue weighted by Crippen LogP contribution is 2.26. The van der Waals surface area contributed by atoms with E-state index in [1.165, 1.54) is 0 Å². The van der Waals surface area contributed by atoms with Gasteiger partial charge in [-0.3, -0.25) is 0 Å². The molecule has 2 heterocycles. The third kappa shape index (κ3) is 3.47. The molecule has 1 aromatic heterocycles. The summed E-state index contributed by atoms with van der Waals surface area (Å²) in [6, 6.07) is 0.749. The molecule has 0 spiro atoms. The van der Waals surface area contributed by atoms with Gasteiger partial charge in [-0.2, -0.15) is 15.0 Å². The molecular formula is C13H23N5O2. The highest BCUT2D eigenvalue weighted by Gasteiger charge is 2.27. The fourth-order valence-corrected chi connectivity index (χ4v) is 2.51. The third-order valence-electron chi connectivity index (χ3n) is 3.43. The number of nitrogens with zero attached hydrogens (tertiary/aromatic N) is 4. The summed E-state index contributed by atoms with van der Waals surface area (Å²) in [5, 5.41) is 11.9. The van der Waals surface area contributed by atoms with Gasteiger partial charge in [0.15, 0.2) is 0 Å². The van der Waals surface area contributed by atoms with E-state index in [0.717, 1.165) is 32.2 Å². The van der Waals surface area contributed by atoms with Crippen molar-refractivity contribution in [1.29, 1.82) is 0 Å². The Balaban J connectivity index is 2.19. The van der Waals surface area contributed by atoms with Crippen LogP contribution in [0.3, 0.4) is 0 Å². The van der Waals surface area contributed by atoms with E-state index in [0.29, 0.717) is 30.6 Å². The van der Waals surface area contributed by atoms with E-state index < -0.39 is 0 Å². The van der Waals surface area contributed by atoms with Gasteiger partial charge in [-0.15, -0.1) is 0 Å². The smallest absolute Gasteiger partial charge is 0.323 e. The van der Waals surface area contributed by atoms with Gasteiger partial charge in [0, 0.05) is 26.2 Å². The Morgan fingerprint density at radius 3 is 2.95 bits per heavy atom. The maximum atomic E-state index is 8.99. The molecule has 0 bridgehead atoms. The van der Waals surface area contributed by atoms with Crippen LogP contribution in [0.1, 0.15) is 32.6 Å². The second-order valence-electron chi connectivity index (χ2n) is 4.78. The summed E-state index contributed by atoms with van der Waals surface area (Å²) in [5.41, 5.74) is 0. The first kappa shape index (κ1) is 14.8. The SMILES string of the molecule is CCOc1nc(NC)nc(N2CCCC2CCCO)n1. The molecule has 1 aliphatic heterocycles. The summed E-state index contributed by atoms with van der Waals surface area (Å²) in [6.45, 7) is 3.60. The summed E-state index contributed by atoms with van der Waals surface area (Å²) >= 11 is 0. The molecular weight excluding hydrogens is 258 g/mol. The van der Waals surface area contributed by atoms with Gasteiger partial charge in [-0.25, -0.2) is 0 Å². The van der Waals surface area contributed by atoms with E-state index in [2.05, 4.69) is 25.2 Å². The maximum absolute atomic E-state index is 8.99. The second kappa shape index (κ2) is 7.23. The molecule has 0 amide bonds. The number of aliphatic hydroxyl groups is 1. The molecule has 1 aliphatic rings. The van der Waals surface area contributed by atoms with Crippen LogP contribution < -0.4 is 15.0 Å². The molecule has 0 saturated carbocycles. The van der Waals surface area contributed by atoms with Crippen LogP contribution in [-0.2, 0) is 0 Å². The van der Waals surface area contributed by atoms with E-state index in [4.69, 9.17) is 9.84 Å². The first-order chi connectivity index (χ1) is 9.78. The number of hydrogen-bond acceptors (Lipinski definition) is 7. The molecule has 7 heteroatoms. The minimum absolute atomic E-state index is 0.230. The fraction of sp³-hybridized carbons (Fsp3) is 0.769. The molecule has 7 nitrogen and oxygen atoms in total. The number of nitrogens with one attached hydrogen (secondary N) is 1. The summed E-state index contributed by atoms with van der Waals surface area (Å²) in [6.07, 6.45) is 4.01. The Hall–Kier alpha value is -1.63. The first-order valence-electron chi connectivity index (χ1n) is 7.22. The van der Waals surface area contributed by atoms with E-state index in [1.54, 1.807) is 7.05 Å². The van der Waals surface area contributed by atoms with Gasteiger partial charge in [-0.1, -0.05) is 0 Å². The molecule has 1 fully saturated rings. The predicted octanol–water partition coefficient (Wildman–Crippen LogP) is 1.05. The number of aliphatic hydroxyl groups excluding tert-OH is 1. The average molecular weight is 281 g/mol. The van der Waals surface area contributed by atoms with Gasteiger partial charge in [0.2, 0.25) is 11.9 Å². The summed E-state index contributed by atoms with van der Waals surface area (Å²) < 4.78 is 5.40. The van der Waals surface area contributed by atoms with Crippen LogP contribution in [0.15, 0.2) is 0 Å². The number of ether oxygens (including phenoxy) is 1. The average Bonchev–Trinajstić information content (AvgIpc) is 2.93. The van der Waals surface area contributed by atoms with Crippen LogP contribution in [0.5, 0.6) is 6.01 Å². The van der Waals surface area contributed by atoms with Crippen molar-refractivity contribution in [2.24, 2.45) is 0 Å². The normalized spacial score (nSPS) is 18.4. The molecule has 2 rings (SSSR count). The Kier molecular flexibility index (Phi) is 5.34. The maximum Gasteiger partial charge on any atom is 0.323 e. The minimum Gasteiger partial charge on any atom is -0.464 e. The quantitative estimate of drug-likeness (QED) is 0.773. The number of anilines is 2. The van der Waals surface area contributed by atoms with Crippen molar-refractivity contribution in [2.45, 2.75) is 38.6 Å². The van der Waals surface area contributed by atoms with Crippen LogP contribution in [0.4, 0.5) is 11.9 Å². The zero-order chi connectivity index (χ0) is 14.4. The number of hydrogen-bond donors (Lipinski definition) is 2. The number of aromatic nitrogens is 3. The van der Waals surface area contributed by atoms with Gasteiger partial charge >= 0.3 is 6.01 Å². The molecule has 112 valence electrons. The monoisotopic (exact) mass is 281 g/mol. The van der Waals surface area contributed by atoms with Crippen molar-refractivity contribution < 1.29 is 9.84 Å². The fourth-order valence-electron chi connectivity index (χ4n) is 2.51. The van der Waals surface area contributed by atoms with Crippen LogP contribution in [0.25, 0.3) is 0 Å². The zero-order valence-electron chi connectivity index (χ0n) is 12.2. The molecule has 1 unspecified atom stereocenters. The van der Waals surface area contributed by atoms with Crippen LogP contribution in [0.2, 0.25) is 0 Å². The summed E-state index contributed by atoms with van der Waals surface area (Å²) in [7, 11) is 1.78. The van der Waals surface area contributed by atoms with E-state index in [-0.39, 0.29) is 6.61 Å². The van der Waals surface area contributed by atoms with Gasteiger partial charge in [-0.05, 0) is 32.6 Å². The van der Waals surface area contributed by atoms with Gasteiger partial charge in [0.1, 0.15) is 0 Å². The van der Waals surface area contributed by atoms with Crippen molar-refractivity contribution >= 4 is 11.9 Å². The van der Waals surface area contributed by atoms with E-state index in [1.807, 2.05) is 6.92 Å². The molecule has 0 aromatic carbocycles. The lowest BCUT2D eigenvalue weighted by molar-refractivity contribution is 0.279. The minimum atomic E-state index is 0.230. The van der Waals surface area contributed by atoms with Crippen molar-refractivity contribution in [2.75, 3.05) is 37.0 Å². The van der Waals surface area contributed by atoms with Crippen LogP contribution in [0, 0.1) is 0 Å². The molecule has 1 atom stereocenters. The molecule has 1 aromatic rings. The molecule has 2 N–H and O–H groups in total. The standard InChI is InChI=1S/C13H23N5O2/c1-3-20-13-16-11(14-2)15-12(17-13)18-8-4-6-10(18)7-5-9-19/h10,19H,3-9H2,1-2H3,(H,14,15,16,17). The largest absolute Gasteiger partial charge is 0.464 e. The summed E-state index contributed by atoms with van der Waals surface area (Å²) in [4.78, 5) is 15.2. The predicted molar refractivity (Wildman–Crippen MR) is 77.2 cm³/mol. The second-order valence-corrected chi connectivity index (χ2v) is 4.78. The van der Waals surface area contributed by atoms with Gasteiger partial charge in [0.25, 0.3) is 0 Å². The van der Waals surface area contributed by atoms with Crippen LogP contribution in [-0.4, -0.2) is 52.9 Å². The first-order valence-corrected chi connectivity index (χ1v) is 7.22. The Bertz CT molecular complexity index is 429. The van der Waals surface area contributed by atoms with Crippen LogP contribution >= 0.6 is 0 Å². The topological polar surface area (TPSA) is 83.4 Å². The highest BCUT2D eigenvalue weighted by atomic mass is 16.5. The molecule has 1 saturated heterocycles. The lowest BCUT2D eigenvalue weighted by atomic mass is 10.1. The van der Waals surface area contributed by atoms with E-state index >= 15 is 0 Å². The van der Waals surface area contributed by atoms with Crippen molar-refractivity contribution in [3.63, 3.8) is 0 Å². The Morgan fingerprint density at radius 1 is 1.40 bits per heavy atom. The summed E-state index contributed by atoms with van der Waals surface area (Å²) in [5.74, 6) is 1.18. The Morgan fingerprint density at radius 2 is 2.25 bits per heavy atom. The van der Waals surface area contributed by atoms with Gasteiger partial charge in [0.05, 0.1) is 6.61 Å². The van der Waals surface area contributed by atoms with Gasteiger partial charge < -0.3 is 20.1 Å². The van der Waals surface area contributed by atoms with Crippen molar-refractivity contribution in [3.05, 3.63) is 0 Å². The van der Waals surface area contributed by atoms with E-state index in [9.17, 15) is 0 Å². The van der Waals surface area contributed by atoms with Crippen molar-refractivity contribution in [3.8, 4) is 6.01 Å². The zero-order valence-corrected chi connectivity index (χ0v) is 12.2. The third-order valence-corrected chi connectivity index (χ3v) is 3.43. The number of rotatable bonds is 7. The molecule has 20 heavy (non-hydrogen) atoms. The lowest BCUT2D eigenvalue weighted by Crippen LogP contribution is -2.31. The van der Waals surface area contributed by atoms with Crippen molar-refractivity contribution in [1.82, 2.24) is 15.0 Å². The lowest BCUT2D eigenvalue weighted by Gasteiger charge is -2.24. The highest BCUT2D eigenvalue weighted by molar-refractivity contribution is 5.40. The molecule has 0 aliphatic carbocycles.